The molecule has 0 saturated heterocycles. The molecule has 90 valence electrons. The Morgan fingerprint density at radius 3 is 2.62 bits per heavy atom. The fourth-order valence-corrected chi connectivity index (χ4v) is 1.99. The minimum absolute atomic E-state index is 0.498. The lowest BCUT2D eigenvalue weighted by molar-refractivity contribution is 0.257. The van der Waals surface area contributed by atoms with Crippen LogP contribution in [0, 0.1) is 6.92 Å². The smallest absolute Gasteiger partial charge is 0.0319 e. The molecule has 0 aliphatic heterocycles. The van der Waals surface area contributed by atoms with Crippen LogP contribution >= 0.6 is 0 Å². The lowest BCUT2D eigenvalue weighted by atomic mass is 10.0. The summed E-state index contributed by atoms with van der Waals surface area (Å²) in [6.45, 7) is 6.69. The van der Waals surface area contributed by atoms with Gasteiger partial charge in [0.05, 0.1) is 0 Å². The van der Waals surface area contributed by atoms with E-state index in [-0.39, 0.29) is 0 Å². The van der Waals surface area contributed by atoms with Gasteiger partial charge >= 0.3 is 0 Å². The zero-order valence-corrected chi connectivity index (χ0v) is 11.0. The van der Waals surface area contributed by atoms with E-state index in [1.165, 1.54) is 17.5 Å². The summed E-state index contributed by atoms with van der Waals surface area (Å²) < 4.78 is 0. The summed E-state index contributed by atoms with van der Waals surface area (Å²) >= 11 is 0. The molecule has 0 radical (unpaired) electrons. The molecule has 0 aliphatic rings. The lowest BCUT2D eigenvalue weighted by Gasteiger charge is -2.26. The van der Waals surface area contributed by atoms with Gasteiger partial charge in [-0.15, -0.1) is 0 Å². The van der Waals surface area contributed by atoms with E-state index in [0.717, 1.165) is 13.1 Å². The minimum Gasteiger partial charge on any atom is -0.320 e. The van der Waals surface area contributed by atoms with Crippen molar-refractivity contribution in [3.8, 4) is 0 Å². The van der Waals surface area contributed by atoms with E-state index in [1.54, 1.807) is 0 Å². The van der Waals surface area contributed by atoms with Gasteiger partial charge in [-0.1, -0.05) is 24.3 Å². The van der Waals surface area contributed by atoms with Gasteiger partial charge in [-0.3, -0.25) is 4.90 Å². The normalized spacial score (nSPS) is 13.1. The maximum Gasteiger partial charge on any atom is 0.0319 e. The Balaban J connectivity index is 2.56. The van der Waals surface area contributed by atoms with Crippen molar-refractivity contribution in [3.63, 3.8) is 0 Å². The maximum absolute atomic E-state index is 3.19. The lowest BCUT2D eigenvalue weighted by Crippen LogP contribution is -2.26. The predicted molar refractivity (Wildman–Crippen MR) is 70.8 cm³/mol. The van der Waals surface area contributed by atoms with E-state index in [4.69, 9.17) is 0 Å². The Bertz CT molecular complexity index is 309. The average molecular weight is 220 g/mol. The molecule has 2 heteroatoms. The first kappa shape index (κ1) is 13.2. The van der Waals surface area contributed by atoms with Crippen LogP contribution in [0.15, 0.2) is 24.3 Å². The van der Waals surface area contributed by atoms with Crippen LogP contribution in [0.1, 0.15) is 30.5 Å². The van der Waals surface area contributed by atoms with Gasteiger partial charge in [0.15, 0.2) is 0 Å². The van der Waals surface area contributed by atoms with Crippen LogP contribution in [-0.2, 0) is 0 Å². The molecule has 1 aromatic carbocycles. The zero-order valence-electron chi connectivity index (χ0n) is 11.0. The number of rotatable bonds is 6. The van der Waals surface area contributed by atoms with E-state index >= 15 is 0 Å². The van der Waals surface area contributed by atoms with Gasteiger partial charge in [0.25, 0.3) is 0 Å². The highest BCUT2D eigenvalue weighted by Crippen LogP contribution is 2.21. The van der Waals surface area contributed by atoms with E-state index in [0.29, 0.717) is 6.04 Å². The van der Waals surface area contributed by atoms with E-state index in [2.05, 4.69) is 55.4 Å². The summed E-state index contributed by atoms with van der Waals surface area (Å²) in [6.07, 6.45) is 1.20. The third-order valence-corrected chi connectivity index (χ3v) is 3.24. The number of benzene rings is 1. The molecule has 2 nitrogen and oxygen atoms in total. The number of hydrogen-bond acceptors (Lipinski definition) is 2. The third kappa shape index (κ3) is 3.62. The van der Waals surface area contributed by atoms with E-state index in [1.807, 2.05) is 7.05 Å². The highest BCUT2D eigenvalue weighted by Gasteiger charge is 2.12. The van der Waals surface area contributed by atoms with Crippen molar-refractivity contribution in [2.45, 2.75) is 26.3 Å². The molecular formula is C14H24N2. The van der Waals surface area contributed by atoms with Crippen LogP contribution in [0.3, 0.4) is 0 Å². The Hall–Kier alpha value is -0.860. The summed E-state index contributed by atoms with van der Waals surface area (Å²) in [7, 11) is 4.21. The second-order valence-corrected chi connectivity index (χ2v) is 4.47. The molecule has 0 heterocycles. The second-order valence-electron chi connectivity index (χ2n) is 4.47. The predicted octanol–water partition coefficient (Wildman–Crippen LogP) is 2.60. The van der Waals surface area contributed by atoms with Crippen LogP contribution < -0.4 is 5.32 Å². The first-order valence-electron chi connectivity index (χ1n) is 6.07. The molecule has 1 aromatic rings. The van der Waals surface area contributed by atoms with E-state index in [9.17, 15) is 0 Å². The van der Waals surface area contributed by atoms with Crippen molar-refractivity contribution in [2.75, 3.05) is 27.2 Å². The van der Waals surface area contributed by atoms with Crippen LogP contribution in [-0.4, -0.2) is 32.1 Å². The summed E-state index contributed by atoms with van der Waals surface area (Å²) in [4.78, 5) is 2.42. The number of aryl methyl sites for hydroxylation is 1. The molecule has 0 aliphatic carbocycles. The van der Waals surface area contributed by atoms with Gasteiger partial charge < -0.3 is 5.32 Å². The molecule has 0 spiro atoms. The maximum atomic E-state index is 3.19. The average Bonchev–Trinajstić information content (AvgIpc) is 2.29. The van der Waals surface area contributed by atoms with E-state index < -0.39 is 0 Å². The Morgan fingerprint density at radius 2 is 2.00 bits per heavy atom. The summed E-state index contributed by atoms with van der Waals surface area (Å²) in [5.41, 5.74) is 2.82. The van der Waals surface area contributed by atoms with Gasteiger partial charge in [-0.25, -0.2) is 0 Å². The SMILES string of the molecule is CNCCCN(C)C(C)c1ccccc1C. The third-order valence-electron chi connectivity index (χ3n) is 3.24. The van der Waals surface area contributed by atoms with Crippen molar-refractivity contribution in [1.29, 1.82) is 0 Å². The van der Waals surface area contributed by atoms with Crippen molar-refractivity contribution in [1.82, 2.24) is 10.2 Å². The van der Waals surface area contributed by atoms with Crippen molar-refractivity contribution in [2.24, 2.45) is 0 Å². The summed E-state index contributed by atoms with van der Waals surface area (Å²) in [6, 6.07) is 9.15. The van der Waals surface area contributed by atoms with Gasteiger partial charge in [0, 0.05) is 6.04 Å². The number of hydrogen-bond donors (Lipinski definition) is 1. The van der Waals surface area contributed by atoms with Crippen LogP contribution in [0.25, 0.3) is 0 Å². The molecule has 1 N–H and O–H groups in total. The van der Waals surface area contributed by atoms with Gasteiger partial charge in [-0.2, -0.15) is 0 Å². The minimum atomic E-state index is 0.498. The quantitative estimate of drug-likeness (QED) is 0.741. The topological polar surface area (TPSA) is 15.3 Å². The van der Waals surface area contributed by atoms with Gasteiger partial charge in [0.1, 0.15) is 0 Å². The standard InChI is InChI=1S/C14H24N2/c1-12-8-5-6-9-14(12)13(2)16(4)11-7-10-15-3/h5-6,8-9,13,15H,7,10-11H2,1-4H3. The second kappa shape index (κ2) is 6.66. The summed E-state index contributed by atoms with van der Waals surface area (Å²) in [5.74, 6) is 0. The van der Waals surface area contributed by atoms with Crippen molar-refractivity contribution >= 4 is 0 Å². The zero-order chi connectivity index (χ0) is 12.0. The van der Waals surface area contributed by atoms with Crippen molar-refractivity contribution in [3.05, 3.63) is 35.4 Å². The molecule has 16 heavy (non-hydrogen) atoms. The van der Waals surface area contributed by atoms with Gasteiger partial charge in [-0.05, 0) is 58.6 Å². The van der Waals surface area contributed by atoms with Crippen LogP contribution in [0.2, 0.25) is 0 Å². The molecule has 0 fully saturated rings. The molecule has 0 aromatic heterocycles. The molecule has 0 bridgehead atoms. The Morgan fingerprint density at radius 1 is 1.31 bits per heavy atom. The number of nitrogens with zero attached hydrogens (tertiary/aromatic N) is 1. The largest absolute Gasteiger partial charge is 0.320 e. The fraction of sp³-hybridized carbons (Fsp3) is 0.571. The highest BCUT2D eigenvalue weighted by molar-refractivity contribution is 5.28. The Kier molecular flexibility index (Phi) is 5.50. The molecule has 1 rings (SSSR count). The van der Waals surface area contributed by atoms with Gasteiger partial charge in [0.2, 0.25) is 0 Å². The number of nitrogens with one attached hydrogen (secondary N) is 1. The molecular weight excluding hydrogens is 196 g/mol. The first-order chi connectivity index (χ1) is 7.66. The molecule has 1 unspecified atom stereocenters. The Labute approximate surface area is 99.7 Å². The molecule has 1 atom stereocenters. The molecule has 0 amide bonds. The molecule has 0 saturated carbocycles. The highest BCUT2D eigenvalue weighted by atomic mass is 15.1. The van der Waals surface area contributed by atoms with Crippen LogP contribution in [0.4, 0.5) is 0 Å². The monoisotopic (exact) mass is 220 g/mol. The van der Waals surface area contributed by atoms with Crippen molar-refractivity contribution < 1.29 is 0 Å². The summed E-state index contributed by atoms with van der Waals surface area (Å²) in [5, 5.41) is 3.19. The van der Waals surface area contributed by atoms with Crippen LogP contribution in [0.5, 0.6) is 0 Å². The first-order valence-corrected chi connectivity index (χ1v) is 6.07. The fourth-order valence-electron chi connectivity index (χ4n) is 1.99.